The standard InChI is InChI=1S/C23H20N2Si/c1-26(20-8-4-2-5-9-20,21-10-6-3-7-11-21)23-18-25-17-14-22(23)19-12-15-24-16-13-19/h2-18H,1H3. The highest BCUT2D eigenvalue weighted by Crippen LogP contribution is 2.19. The van der Waals surface area contributed by atoms with Gasteiger partial charge < -0.3 is 0 Å². The van der Waals surface area contributed by atoms with Crippen LogP contribution in [0.5, 0.6) is 0 Å². The molecule has 2 heterocycles. The van der Waals surface area contributed by atoms with Gasteiger partial charge in [0.2, 0.25) is 0 Å². The van der Waals surface area contributed by atoms with Crippen molar-refractivity contribution in [1.82, 2.24) is 9.97 Å². The van der Waals surface area contributed by atoms with Crippen LogP contribution >= 0.6 is 0 Å². The van der Waals surface area contributed by atoms with Crippen molar-refractivity contribution in [2.75, 3.05) is 0 Å². The van der Waals surface area contributed by atoms with Crippen molar-refractivity contribution in [3.05, 3.63) is 104 Å². The van der Waals surface area contributed by atoms with E-state index in [1.807, 2.05) is 18.6 Å². The zero-order chi connectivity index (χ0) is 17.8. The minimum Gasteiger partial charge on any atom is -0.265 e. The number of hydrogen-bond donors (Lipinski definition) is 0. The summed E-state index contributed by atoms with van der Waals surface area (Å²) < 4.78 is 0. The van der Waals surface area contributed by atoms with E-state index in [0.29, 0.717) is 0 Å². The highest BCUT2D eigenvalue weighted by molar-refractivity contribution is 7.11. The molecule has 0 bridgehead atoms. The lowest BCUT2D eigenvalue weighted by Gasteiger charge is -2.31. The Morgan fingerprint density at radius 1 is 0.615 bits per heavy atom. The average molecular weight is 353 g/mol. The maximum atomic E-state index is 4.51. The van der Waals surface area contributed by atoms with Crippen molar-refractivity contribution in [3.8, 4) is 11.1 Å². The number of hydrogen-bond acceptors (Lipinski definition) is 2. The third-order valence-corrected chi connectivity index (χ3v) is 9.51. The minimum absolute atomic E-state index is 1.18. The Hall–Kier alpha value is -3.04. The lowest BCUT2D eigenvalue weighted by Crippen LogP contribution is -2.65. The first-order valence-electron chi connectivity index (χ1n) is 8.76. The molecule has 4 rings (SSSR count). The van der Waals surface area contributed by atoms with E-state index in [4.69, 9.17) is 0 Å². The second-order valence-electron chi connectivity index (χ2n) is 6.51. The summed E-state index contributed by atoms with van der Waals surface area (Å²) in [4.78, 5) is 8.68. The topological polar surface area (TPSA) is 25.8 Å². The highest BCUT2D eigenvalue weighted by atomic mass is 28.3. The second-order valence-corrected chi connectivity index (χ2v) is 10.5. The van der Waals surface area contributed by atoms with Crippen LogP contribution in [0, 0.1) is 0 Å². The molecule has 2 aromatic carbocycles. The van der Waals surface area contributed by atoms with Crippen LogP contribution in [0.25, 0.3) is 11.1 Å². The van der Waals surface area contributed by atoms with Gasteiger partial charge in [-0.2, -0.15) is 0 Å². The molecule has 0 aliphatic heterocycles. The number of rotatable bonds is 4. The van der Waals surface area contributed by atoms with E-state index in [2.05, 4.69) is 102 Å². The van der Waals surface area contributed by atoms with Gasteiger partial charge in [-0.25, -0.2) is 0 Å². The van der Waals surface area contributed by atoms with E-state index in [1.54, 1.807) is 0 Å². The molecule has 0 N–H and O–H groups in total. The fraction of sp³-hybridized carbons (Fsp3) is 0.0435. The maximum Gasteiger partial charge on any atom is 0.148 e. The molecular weight excluding hydrogens is 332 g/mol. The van der Waals surface area contributed by atoms with Gasteiger partial charge in [0.05, 0.1) is 0 Å². The van der Waals surface area contributed by atoms with Gasteiger partial charge in [0, 0.05) is 24.8 Å². The molecule has 0 radical (unpaired) electrons. The van der Waals surface area contributed by atoms with Crippen LogP contribution in [0.4, 0.5) is 0 Å². The third-order valence-electron chi connectivity index (χ3n) is 5.05. The first kappa shape index (κ1) is 16.4. The Balaban J connectivity index is 2.01. The van der Waals surface area contributed by atoms with E-state index in [9.17, 15) is 0 Å². The van der Waals surface area contributed by atoms with E-state index in [-0.39, 0.29) is 0 Å². The first-order valence-corrected chi connectivity index (χ1v) is 11.3. The zero-order valence-electron chi connectivity index (χ0n) is 14.7. The summed E-state index contributed by atoms with van der Waals surface area (Å²) in [6.07, 6.45) is 7.64. The molecule has 0 saturated carbocycles. The summed E-state index contributed by atoms with van der Waals surface area (Å²) in [5.41, 5.74) is 2.42. The van der Waals surface area contributed by atoms with Gasteiger partial charge >= 0.3 is 0 Å². The van der Waals surface area contributed by atoms with Crippen LogP contribution in [-0.4, -0.2) is 18.0 Å². The smallest absolute Gasteiger partial charge is 0.148 e. The predicted molar refractivity (Wildman–Crippen MR) is 111 cm³/mol. The quantitative estimate of drug-likeness (QED) is 0.527. The van der Waals surface area contributed by atoms with Gasteiger partial charge in [-0.1, -0.05) is 67.2 Å². The zero-order valence-corrected chi connectivity index (χ0v) is 15.7. The van der Waals surface area contributed by atoms with Crippen LogP contribution in [0.2, 0.25) is 6.55 Å². The Labute approximate surface area is 155 Å². The summed E-state index contributed by atoms with van der Waals surface area (Å²) in [6.45, 7) is 2.42. The summed E-state index contributed by atoms with van der Waals surface area (Å²) in [7, 11) is -2.19. The van der Waals surface area contributed by atoms with E-state index >= 15 is 0 Å². The molecule has 0 saturated heterocycles. The Bertz CT molecular complexity index is 947. The van der Waals surface area contributed by atoms with Gasteiger partial charge in [-0.05, 0) is 44.9 Å². The number of benzene rings is 2. The Morgan fingerprint density at radius 2 is 1.15 bits per heavy atom. The molecule has 0 atom stereocenters. The fourth-order valence-corrected chi connectivity index (χ4v) is 7.37. The van der Waals surface area contributed by atoms with Crippen molar-refractivity contribution in [2.45, 2.75) is 6.55 Å². The summed E-state index contributed by atoms with van der Waals surface area (Å²) in [5, 5.41) is 4.09. The van der Waals surface area contributed by atoms with Crippen LogP contribution in [-0.2, 0) is 0 Å². The molecule has 0 fully saturated rings. The summed E-state index contributed by atoms with van der Waals surface area (Å²) >= 11 is 0. The summed E-state index contributed by atoms with van der Waals surface area (Å²) in [5.74, 6) is 0. The molecule has 26 heavy (non-hydrogen) atoms. The fourth-order valence-electron chi connectivity index (χ4n) is 3.60. The molecule has 126 valence electrons. The lowest BCUT2D eigenvalue weighted by atomic mass is 10.1. The minimum atomic E-state index is -2.19. The third kappa shape index (κ3) is 2.87. The van der Waals surface area contributed by atoms with Crippen molar-refractivity contribution in [3.63, 3.8) is 0 Å². The first-order chi connectivity index (χ1) is 12.8. The molecular formula is C23H20N2Si. The van der Waals surface area contributed by atoms with Gasteiger partial charge in [-0.3, -0.25) is 9.97 Å². The molecule has 0 amide bonds. The van der Waals surface area contributed by atoms with Gasteiger partial charge in [0.1, 0.15) is 8.07 Å². The largest absolute Gasteiger partial charge is 0.265 e. The van der Waals surface area contributed by atoms with Crippen LogP contribution in [0.3, 0.4) is 0 Å². The number of nitrogens with zero attached hydrogens (tertiary/aromatic N) is 2. The van der Waals surface area contributed by atoms with Crippen molar-refractivity contribution in [2.24, 2.45) is 0 Å². The normalized spacial score (nSPS) is 11.3. The maximum absolute atomic E-state index is 4.51. The molecule has 0 aliphatic carbocycles. The molecule has 0 spiro atoms. The van der Waals surface area contributed by atoms with Crippen LogP contribution in [0.15, 0.2) is 104 Å². The van der Waals surface area contributed by atoms with Crippen molar-refractivity contribution < 1.29 is 0 Å². The molecule has 4 aromatic rings. The van der Waals surface area contributed by atoms with Crippen molar-refractivity contribution >= 4 is 23.6 Å². The van der Waals surface area contributed by atoms with E-state index in [1.165, 1.54) is 26.7 Å². The predicted octanol–water partition coefficient (Wildman–Crippen LogP) is 3.24. The van der Waals surface area contributed by atoms with Crippen LogP contribution in [0.1, 0.15) is 0 Å². The lowest BCUT2D eigenvalue weighted by molar-refractivity contribution is 1.32. The molecule has 2 aromatic heterocycles. The van der Waals surface area contributed by atoms with Gasteiger partial charge in [0.25, 0.3) is 0 Å². The molecule has 2 nitrogen and oxygen atoms in total. The van der Waals surface area contributed by atoms with Crippen LogP contribution < -0.4 is 15.6 Å². The second kappa shape index (κ2) is 7.06. The Kier molecular flexibility index (Phi) is 4.46. The number of aromatic nitrogens is 2. The SMILES string of the molecule is C[Si](c1ccccc1)(c1ccccc1)c1cnccc1-c1ccncc1. The number of pyridine rings is 2. The average Bonchev–Trinajstić information content (AvgIpc) is 2.75. The molecule has 0 aliphatic rings. The molecule has 3 heteroatoms. The van der Waals surface area contributed by atoms with E-state index in [0.717, 1.165) is 0 Å². The summed E-state index contributed by atoms with van der Waals surface area (Å²) in [6, 6.07) is 28.0. The van der Waals surface area contributed by atoms with Gasteiger partial charge in [0.15, 0.2) is 0 Å². The van der Waals surface area contributed by atoms with E-state index < -0.39 is 8.07 Å². The monoisotopic (exact) mass is 352 g/mol. The highest BCUT2D eigenvalue weighted by Gasteiger charge is 2.36. The Morgan fingerprint density at radius 3 is 1.73 bits per heavy atom. The van der Waals surface area contributed by atoms with Crippen molar-refractivity contribution in [1.29, 1.82) is 0 Å². The molecule has 0 unspecified atom stereocenters. The van der Waals surface area contributed by atoms with Gasteiger partial charge in [-0.15, -0.1) is 0 Å².